The third-order valence-electron chi connectivity index (χ3n) is 5.41. The maximum Gasteiger partial charge on any atom is 0.417 e. The van der Waals surface area contributed by atoms with Crippen molar-refractivity contribution in [2.24, 2.45) is 0 Å². The highest BCUT2D eigenvalue weighted by molar-refractivity contribution is 7.73. The number of benzene rings is 1. The minimum Gasteiger partial charge on any atom is -0.369 e. The van der Waals surface area contributed by atoms with Gasteiger partial charge in [0.25, 0.3) is 0 Å². The summed E-state index contributed by atoms with van der Waals surface area (Å²) in [7, 11) is -3.02. The number of anilines is 3. The Morgan fingerprint density at radius 1 is 1.23 bits per heavy atom. The molecule has 0 radical (unpaired) electrons. The summed E-state index contributed by atoms with van der Waals surface area (Å²) in [4.78, 5) is 12.3. The van der Waals surface area contributed by atoms with Gasteiger partial charge in [-0.05, 0) is 30.7 Å². The van der Waals surface area contributed by atoms with E-state index in [2.05, 4.69) is 25.6 Å². The van der Waals surface area contributed by atoms with Crippen LogP contribution >= 0.6 is 0 Å². The summed E-state index contributed by atoms with van der Waals surface area (Å²) in [6.45, 7) is 1.87. The van der Waals surface area contributed by atoms with Gasteiger partial charge in [-0.15, -0.1) is 0 Å². The number of nitriles is 1. The van der Waals surface area contributed by atoms with Gasteiger partial charge in [-0.1, -0.05) is 6.07 Å². The van der Waals surface area contributed by atoms with Gasteiger partial charge >= 0.3 is 6.18 Å². The number of aromatic nitrogens is 3. The summed E-state index contributed by atoms with van der Waals surface area (Å²) in [6, 6.07) is 6.33. The summed E-state index contributed by atoms with van der Waals surface area (Å²) in [6.07, 6.45) is -2.58. The number of halogens is 4. The maximum absolute atomic E-state index is 14.2. The minimum atomic E-state index is -4.58. The van der Waals surface area contributed by atoms with Gasteiger partial charge in [0.05, 0.1) is 34.7 Å². The molecule has 0 spiro atoms. The van der Waals surface area contributed by atoms with E-state index in [4.69, 9.17) is 0 Å². The van der Waals surface area contributed by atoms with Crippen LogP contribution in [0.2, 0.25) is 0 Å². The van der Waals surface area contributed by atoms with Gasteiger partial charge in [0, 0.05) is 24.2 Å². The fourth-order valence-corrected chi connectivity index (χ4v) is 4.06. The molecule has 0 fully saturated rings. The molecule has 9 nitrogen and oxygen atoms in total. The van der Waals surface area contributed by atoms with Crippen molar-refractivity contribution >= 4 is 28.3 Å². The van der Waals surface area contributed by atoms with Crippen molar-refractivity contribution in [3.63, 3.8) is 0 Å². The molecule has 3 heterocycles. The molecule has 2 atom stereocenters. The van der Waals surface area contributed by atoms with E-state index in [1.165, 1.54) is 18.3 Å². The fourth-order valence-electron chi connectivity index (χ4n) is 3.69. The summed E-state index contributed by atoms with van der Waals surface area (Å²) >= 11 is 0. The standard InChI is InChI=1S/C21H17F4N7O2S/c1-10(11-2-3-17(16(22)4-11)32-35(33)34)30-20-29-7-12(6-26)18(31-20)15-9-28-19-14(15)5-13(8-27-19)21(23,24)25/h2-5,7-8,10,15,35H,9H2,1H3,(H,27,28)(H,29,30,31)(H,32,33,34)/t10-,15?/m1/s1. The van der Waals surface area contributed by atoms with E-state index in [1.54, 1.807) is 6.92 Å². The van der Waals surface area contributed by atoms with Crippen LogP contribution in [0.25, 0.3) is 0 Å². The van der Waals surface area contributed by atoms with Crippen molar-refractivity contribution in [2.75, 3.05) is 21.9 Å². The molecule has 1 aromatic carbocycles. The molecule has 3 aromatic rings. The molecule has 3 N–H and O–H groups in total. The van der Waals surface area contributed by atoms with Crippen molar-refractivity contribution < 1.29 is 26.0 Å². The van der Waals surface area contributed by atoms with Crippen molar-refractivity contribution in [3.8, 4) is 6.07 Å². The molecule has 4 rings (SSSR count). The van der Waals surface area contributed by atoms with Crippen LogP contribution in [0, 0.1) is 17.1 Å². The van der Waals surface area contributed by atoms with E-state index < -0.39 is 40.4 Å². The van der Waals surface area contributed by atoms with Crippen LogP contribution in [0.15, 0.2) is 36.7 Å². The van der Waals surface area contributed by atoms with Gasteiger partial charge in [0.2, 0.25) is 16.8 Å². The summed E-state index contributed by atoms with van der Waals surface area (Å²) in [5, 5.41) is 15.4. The van der Waals surface area contributed by atoms with Gasteiger partial charge in [-0.25, -0.2) is 27.8 Å². The average molecular weight is 507 g/mol. The molecule has 0 bridgehead atoms. The lowest BCUT2D eigenvalue weighted by molar-refractivity contribution is -0.137. The van der Waals surface area contributed by atoms with Crippen LogP contribution in [0.5, 0.6) is 0 Å². The predicted octanol–water partition coefficient (Wildman–Crippen LogP) is 3.57. The molecule has 2 aromatic heterocycles. The Morgan fingerprint density at radius 2 is 2.00 bits per heavy atom. The van der Waals surface area contributed by atoms with E-state index in [-0.39, 0.29) is 40.8 Å². The zero-order valence-electron chi connectivity index (χ0n) is 17.9. The highest BCUT2D eigenvalue weighted by atomic mass is 32.2. The Balaban J connectivity index is 1.63. The third kappa shape index (κ3) is 5.09. The van der Waals surface area contributed by atoms with E-state index >= 15 is 0 Å². The lowest BCUT2D eigenvalue weighted by atomic mass is 9.95. The van der Waals surface area contributed by atoms with Crippen molar-refractivity contribution in [3.05, 3.63) is 70.4 Å². The average Bonchev–Trinajstić information content (AvgIpc) is 3.22. The Bertz CT molecular complexity index is 1400. The van der Waals surface area contributed by atoms with E-state index in [0.29, 0.717) is 5.56 Å². The molecule has 35 heavy (non-hydrogen) atoms. The number of rotatable bonds is 6. The van der Waals surface area contributed by atoms with Gasteiger partial charge < -0.3 is 10.6 Å². The molecule has 14 heteroatoms. The third-order valence-corrected chi connectivity index (χ3v) is 5.84. The highest BCUT2D eigenvalue weighted by Crippen LogP contribution is 2.39. The van der Waals surface area contributed by atoms with E-state index in [1.807, 2.05) is 10.8 Å². The molecular weight excluding hydrogens is 490 g/mol. The van der Waals surface area contributed by atoms with Gasteiger partial charge in [0.15, 0.2) is 0 Å². The van der Waals surface area contributed by atoms with Gasteiger partial charge in [-0.3, -0.25) is 4.72 Å². The quantitative estimate of drug-likeness (QED) is 0.294. The van der Waals surface area contributed by atoms with Crippen LogP contribution in [-0.4, -0.2) is 29.9 Å². The maximum atomic E-state index is 14.2. The second kappa shape index (κ2) is 9.34. The molecule has 0 aliphatic carbocycles. The van der Waals surface area contributed by atoms with Crippen LogP contribution in [0.4, 0.5) is 35.0 Å². The summed E-state index contributed by atoms with van der Waals surface area (Å²) in [5.41, 5.74) is -0.0892. The van der Waals surface area contributed by atoms with Crippen LogP contribution in [0.1, 0.15) is 46.8 Å². The molecule has 182 valence electrons. The van der Waals surface area contributed by atoms with Crippen molar-refractivity contribution in [1.29, 1.82) is 5.26 Å². The summed E-state index contributed by atoms with van der Waals surface area (Å²) < 4.78 is 77.3. The first kappa shape index (κ1) is 24.1. The topological polar surface area (TPSA) is 133 Å². The molecule has 0 amide bonds. The molecular formula is C21H17F4N7O2S. The molecule has 0 saturated heterocycles. The second-order valence-electron chi connectivity index (χ2n) is 7.67. The molecule has 1 unspecified atom stereocenters. The monoisotopic (exact) mass is 507 g/mol. The van der Waals surface area contributed by atoms with Crippen molar-refractivity contribution in [1.82, 2.24) is 15.0 Å². The predicted molar refractivity (Wildman–Crippen MR) is 119 cm³/mol. The Morgan fingerprint density at radius 3 is 2.66 bits per heavy atom. The van der Waals surface area contributed by atoms with E-state index in [9.17, 15) is 31.2 Å². The Labute approximate surface area is 198 Å². The van der Waals surface area contributed by atoms with E-state index in [0.717, 1.165) is 18.3 Å². The zero-order chi connectivity index (χ0) is 25.3. The van der Waals surface area contributed by atoms with Crippen LogP contribution < -0.4 is 15.4 Å². The first-order chi connectivity index (χ1) is 16.6. The molecule has 1 aliphatic rings. The smallest absolute Gasteiger partial charge is 0.369 e. The minimum absolute atomic E-state index is 0.0742. The first-order valence-electron chi connectivity index (χ1n) is 10.1. The number of thiol groups is 1. The summed E-state index contributed by atoms with van der Waals surface area (Å²) in [5.74, 6) is -1.11. The normalized spacial score (nSPS) is 15.7. The Hall–Kier alpha value is -3.99. The lowest BCUT2D eigenvalue weighted by Crippen LogP contribution is -2.14. The van der Waals surface area contributed by atoms with Gasteiger partial charge in [-0.2, -0.15) is 18.4 Å². The van der Waals surface area contributed by atoms with Crippen LogP contribution in [-0.2, 0) is 17.1 Å². The SMILES string of the molecule is C[C@@H](Nc1ncc(C#N)c(C2CNc3ncc(C(F)(F)F)cc32)n1)c1ccc(N[SH](=O)=O)c(F)c1. The molecule has 0 saturated carbocycles. The highest BCUT2D eigenvalue weighted by Gasteiger charge is 2.35. The largest absolute Gasteiger partial charge is 0.417 e. The number of fused-ring (bicyclic) bond motifs is 1. The number of hydrogen-bond donors (Lipinski definition) is 4. The zero-order valence-corrected chi connectivity index (χ0v) is 18.8. The number of hydrogen-bond acceptors (Lipinski definition) is 8. The van der Waals surface area contributed by atoms with Crippen molar-refractivity contribution in [2.45, 2.75) is 25.1 Å². The number of nitrogens with one attached hydrogen (secondary N) is 3. The molecule has 1 aliphatic heterocycles. The second-order valence-corrected chi connectivity index (χ2v) is 8.41. The van der Waals surface area contributed by atoms with Crippen LogP contribution in [0.3, 0.4) is 0 Å². The first-order valence-corrected chi connectivity index (χ1v) is 11.3. The van der Waals surface area contributed by atoms with Gasteiger partial charge in [0.1, 0.15) is 17.7 Å². The number of nitrogens with zero attached hydrogens (tertiary/aromatic N) is 4. The lowest BCUT2D eigenvalue weighted by Gasteiger charge is -2.18. The number of alkyl halides is 3. The fraction of sp³-hybridized carbons (Fsp3) is 0.238. The number of pyridine rings is 1. The Kier molecular flexibility index (Phi) is 6.44.